The molecule has 1 aliphatic rings. The van der Waals surface area contributed by atoms with E-state index in [2.05, 4.69) is 22.0 Å². The molecule has 15 heavy (non-hydrogen) atoms. The molecule has 84 valence electrons. The number of likely N-dealkylation sites (tertiary alicyclic amines) is 1. The molecule has 1 aliphatic heterocycles. The number of hydrogen-bond donors (Lipinski definition) is 1. The highest BCUT2D eigenvalue weighted by Gasteiger charge is 2.23. The molecule has 1 atom stereocenters. The summed E-state index contributed by atoms with van der Waals surface area (Å²) in [6.07, 6.45) is 2.51. The molecule has 1 saturated heterocycles. The highest BCUT2D eigenvalue weighted by Crippen LogP contribution is 2.21. The monoisotopic (exact) mass is 210 g/mol. The van der Waals surface area contributed by atoms with Crippen molar-refractivity contribution in [2.45, 2.75) is 39.3 Å². The van der Waals surface area contributed by atoms with Crippen molar-refractivity contribution in [1.29, 1.82) is 0 Å². The lowest BCUT2D eigenvalue weighted by molar-refractivity contribution is 0.247. The Morgan fingerprint density at radius 3 is 2.73 bits per heavy atom. The summed E-state index contributed by atoms with van der Waals surface area (Å²) in [5.74, 6) is 0.865. The maximum absolute atomic E-state index is 11.4. The summed E-state index contributed by atoms with van der Waals surface area (Å²) >= 11 is 0. The van der Waals surface area contributed by atoms with Gasteiger partial charge in [-0.1, -0.05) is 0 Å². The standard InChI is InChI=1S/C10H18N4O/c1-3-14-9(11-12-10(14)15)8(2)13-6-4-5-7-13/h8H,3-7H2,1-2H3,(H,12,15)/t8-/m1/s1. The van der Waals surface area contributed by atoms with Crippen LogP contribution in [-0.2, 0) is 6.54 Å². The molecular weight excluding hydrogens is 192 g/mol. The molecule has 0 unspecified atom stereocenters. The summed E-state index contributed by atoms with van der Waals surface area (Å²) in [5, 5.41) is 6.64. The maximum atomic E-state index is 11.4. The zero-order chi connectivity index (χ0) is 10.8. The minimum absolute atomic E-state index is 0.0986. The Morgan fingerprint density at radius 1 is 1.47 bits per heavy atom. The van der Waals surface area contributed by atoms with E-state index in [9.17, 15) is 4.79 Å². The lowest BCUT2D eigenvalue weighted by Gasteiger charge is -2.22. The summed E-state index contributed by atoms with van der Waals surface area (Å²) in [6, 6.07) is 0.242. The minimum Gasteiger partial charge on any atom is -0.294 e. The second-order valence-electron chi connectivity index (χ2n) is 4.05. The average molecular weight is 210 g/mol. The Labute approximate surface area is 89.1 Å². The second-order valence-corrected chi connectivity index (χ2v) is 4.05. The predicted molar refractivity (Wildman–Crippen MR) is 57.7 cm³/mol. The van der Waals surface area contributed by atoms with Gasteiger partial charge in [0.25, 0.3) is 0 Å². The van der Waals surface area contributed by atoms with Crippen LogP contribution in [0.15, 0.2) is 4.79 Å². The fourth-order valence-corrected chi connectivity index (χ4v) is 2.25. The third-order valence-corrected chi connectivity index (χ3v) is 3.17. The number of nitrogens with zero attached hydrogens (tertiary/aromatic N) is 3. The van der Waals surface area contributed by atoms with Crippen LogP contribution < -0.4 is 5.69 Å². The quantitative estimate of drug-likeness (QED) is 0.801. The van der Waals surface area contributed by atoms with Crippen LogP contribution in [0.2, 0.25) is 0 Å². The zero-order valence-corrected chi connectivity index (χ0v) is 9.36. The Bertz CT molecular complexity index is 375. The molecule has 0 bridgehead atoms. The van der Waals surface area contributed by atoms with Crippen LogP contribution in [0.25, 0.3) is 0 Å². The number of aromatic nitrogens is 3. The summed E-state index contributed by atoms with van der Waals surface area (Å²) in [7, 11) is 0. The highest BCUT2D eigenvalue weighted by atomic mass is 16.1. The van der Waals surface area contributed by atoms with Gasteiger partial charge >= 0.3 is 5.69 Å². The van der Waals surface area contributed by atoms with E-state index in [1.807, 2.05) is 6.92 Å². The molecule has 0 radical (unpaired) electrons. The van der Waals surface area contributed by atoms with Gasteiger partial charge in [0.1, 0.15) is 0 Å². The Morgan fingerprint density at radius 2 is 2.13 bits per heavy atom. The Kier molecular flexibility index (Phi) is 2.90. The van der Waals surface area contributed by atoms with Crippen LogP contribution in [0.1, 0.15) is 38.6 Å². The number of rotatable bonds is 3. The first kappa shape index (κ1) is 10.4. The van der Waals surface area contributed by atoms with Crippen molar-refractivity contribution in [3.8, 4) is 0 Å². The van der Waals surface area contributed by atoms with Crippen molar-refractivity contribution < 1.29 is 0 Å². The van der Waals surface area contributed by atoms with Crippen molar-refractivity contribution in [1.82, 2.24) is 19.7 Å². The SMILES string of the molecule is CCn1c([C@@H](C)N2CCCC2)n[nH]c1=O. The van der Waals surface area contributed by atoms with Gasteiger partial charge in [0, 0.05) is 6.54 Å². The van der Waals surface area contributed by atoms with E-state index in [0.29, 0.717) is 6.54 Å². The fraction of sp³-hybridized carbons (Fsp3) is 0.800. The van der Waals surface area contributed by atoms with Crippen molar-refractivity contribution in [2.24, 2.45) is 0 Å². The Hall–Kier alpha value is -1.10. The van der Waals surface area contributed by atoms with Gasteiger partial charge in [-0.15, -0.1) is 0 Å². The van der Waals surface area contributed by atoms with Gasteiger partial charge in [-0.3, -0.25) is 9.47 Å². The summed E-state index contributed by atoms with van der Waals surface area (Å²) in [5.41, 5.74) is -0.0986. The van der Waals surface area contributed by atoms with Crippen LogP contribution in [0.4, 0.5) is 0 Å². The second kappa shape index (κ2) is 4.18. The van der Waals surface area contributed by atoms with Gasteiger partial charge in [-0.05, 0) is 39.8 Å². The number of H-pyrrole nitrogens is 1. The third-order valence-electron chi connectivity index (χ3n) is 3.17. The van der Waals surface area contributed by atoms with Crippen molar-refractivity contribution in [3.63, 3.8) is 0 Å². The van der Waals surface area contributed by atoms with Crippen LogP contribution in [0.3, 0.4) is 0 Å². The van der Waals surface area contributed by atoms with E-state index in [0.717, 1.165) is 18.9 Å². The number of nitrogens with one attached hydrogen (secondary N) is 1. The molecule has 5 nitrogen and oxygen atoms in total. The van der Waals surface area contributed by atoms with Crippen LogP contribution in [-0.4, -0.2) is 32.8 Å². The van der Waals surface area contributed by atoms with Crippen molar-refractivity contribution in [2.75, 3.05) is 13.1 Å². The number of hydrogen-bond acceptors (Lipinski definition) is 3. The molecule has 1 aromatic heterocycles. The molecule has 0 aromatic carbocycles. The number of aromatic amines is 1. The predicted octanol–water partition coefficient (Wildman–Crippen LogP) is 0.748. The molecule has 5 heteroatoms. The Balaban J connectivity index is 2.24. The van der Waals surface area contributed by atoms with E-state index >= 15 is 0 Å². The zero-order valence-electron chi connectivity index (χ0n) is 9.36. The largest absolute Gasteiger partial charge is 0.343 e. The molecule has 0 aliphatic carbocycles. The van der Waals surface area contributed by atoms with Gasteiger partial charge in [-0.2, -0.15) is 5.10 Å². The van der Waals surface area contributed by atoms with Crippen LogP contribution >= 0.6 is 0 Å². The summed E-state index contributed by atoms with van der Waals surface area (Å²) in [4.78, 5) is 13.8. The summed E-state index contributed by atoms with van der Waals surface area (Å²) < 4.78 is 1.71. The van der Waals surface area contributed by atoms with E-state index in [4.69, 9.17) is 0 Å². The third kappa shape index (κ3) is 1.84. The van der Waals surface area contributed by atoms with Gasteiger partial charge in [0.2, 0.25) is 0 Å². The molecule has 1 N–H and O–H groups in total. The van der Waals surface area contributed by atoms with Gasteiger partial charge in [0.15, 0.2) is 5.82 Å². The van der Waals surface area contributed by atoms with Crippen molar-refractivity contribution >= 4 is 0 Å². The fourth-order valence-electron chi connectivity index (χ4n) is 2.25. The van der Waals surface area contributed by atoms with Crippen molar-refractivity contribution in [3.05, 3.63) is 16.3 Å². The van der Waals surface area contributed by atoms with Gasteiger partial charge in [0.05, 0.1) is 6.04 Å². The first-order valence-electron chi connectivity index (χ1n) is 5.63. The molecule has 2 rings (SSSR count). The van der Waals surface area contributed by atoms with E-state index in [-0.39, 0.29) is 11.7 Å². The summed E-state index contributed by atoms with van der Waals surface area (Å²) in [6.45, 7) is 7.00. The van der Waals surface area contributed by atoms with Crippen LogP contribution in [0, 0.1) is 0 Å². The van der Waals surface area contributed by atoms with E-state index < -0.39 is 0 Å². The molecular formula is C10H18N4O. The molecule has 0 amide bonds. The molecule has 1 fully saturated rings. The first-order chi connectivity index (χ1) is 7.24. The molecule has 0 spiro atoms. The molecule has 0 saturated carbocycles. The van der Waals surface area contributed by atoms with E-state index in [1.54, 1.807) is 4.57 Å². The average Bonchev–Trinajstić information content (AvgIpc) is 2.85. The lowest BCUT2D eigenvalue weighted by atomic mass is 10.3. The highest BCUT2D eigenvalue weighted by molar-refractivity contribution is 4.95. The molecule has 1 aromatic rings. The minimum atomic E-state index is -0.0986. The normalized spacial score (nSPS) is 19.6. The van der Waals surface area contributed by atoms with E-state index in [1.165, 1.54) is 12.8 Å². The lowest BCUT2D eigenvalue weighted by Crippen LogP contribution is -2.28. The maximum Gasteiger partial charge on any atom is 0.343 e. The van der Waals surface area contributed by atoms with Gasteiger partial charge in [-0.25, -0.2) is 9.89 Å². The van der Waals surface area contributed by atoms with Gasteiger partial charge < -0.3 is 0 Å². The first-order valence-corrected chi connectivity index (χ1v) is 5.63. The smallest absolute Gasteiger partial charge is 0.294 e. The topological polar surface area (TPSA) is 53.9 Å². The molecule has 2 heterocycles. The van der Waals surface area contributed by atoms with Crippen LogP contribution in [0.5, 0.6) is 0 Å².